The van der Waals surface area contributed by atoms with E-state index in [0.717, 1.165) is 49.6 Å². The molecule has 0 heterocycles. The summed E-state index contributed by atoms with van der Waals surface area (Å²) in [6.45, 7) is 4.81. The quantitative estimate of drug-likeness (QED) is 0.269. The first-order valence-corrected chi connectivity index (χ1v) is 10.9. The van der Waals surface area contributed by atoms with Crippen LogP contribution >= 0.6 is 24.0 Å². The zero-order valence-electron chi connectivity index (χ0n) is 20.0. The Hall–Kier alpha value is -2.13. The number of guanidine groups is 1. The summed E-state index contributed by atoms with van der Waals surface area (Å²) in [7, 11) is 7.50. The minimum absolute atomic E-state index is 0. The van der Waals surface area contributed by atoms with Gasteiger partial charge in [-0.1, -0.05) is 42.5 Å². The number of rotatable bonds is 10. The van der Waals surface area contributed by atoms with Crippen LogP contribution in [0.3, 0.4) is 0 Å². The number of hydrogen-bond acceptors (Lipinski definition) is 3. The Balaban J connectivity index is 0.00000512. The molecule has 0 saturated heterocycles. The van der Waals surface area contributed by atoms with Crippen molar-refractivity contribution < 1.29 is 4.79 Å². The van der Waals surface area contributed by atoms with Gasteiger partial charge in [-0.25, -0.2) is 0 Å². The van der Waals surface area contributed by atoms with Crippen molar-refractivity contribution in [2.75, 3.05) is 41.3 Å². The van der Waals surface area contributed by atoms with Gasteiger partial charge in [0.15, 0.2) is 5.96 Å². The predicted octanol–water partition coefficient (Wildman–Crippen LogP) is 3.62. The maximum atomic E-state index is 12.1. The summed E-state index contributed by atoms with van der Waals surface area (Å²) in [5, 5.41) is 6.76. The van der Waals surface area contributed by atoms with E-state index >= 15 is 0 Å². The van der Waals surface area contributed by atoms with Crippen LogP contribution in [-0.4, -0.2) is 69.0 Å². The molecule has 0 aliphatic rings. The number of hydrogen-bond donors (Lipinski definition) is 2. The molecule has 1 atom stereocenters. The van der Waals surface area contributed by atoms with Crippen LogP contribution in [0.4, 0.5) is 0 Å². The average Bonchev–Trinajstić information content (AvgIpc) is 2.78. The van der Waals surface area contributed by atoms with E-state index in [2.05, 4.69) is 70.9 Å². The normalized spacial score (nSPS) is 12.1. The first kappa shape index (κ1) is 27.9. The molecule has 0 bridgehead atoms. The van der Waals surface area contributed by atoms with Crippen molar-refractivity contribution >= 4 is 35.8 Å². The Labute approximate surface area is 210 Å². The molecule has 0 fully saturated rings. The van der Waals surface area contributed by atoms with Crippen LogP contribution in [0.1, 0.15) is 34.8 Å². The van der Waals surface area contributed by atoms with Gasteiger partial charge in [0.05, 0.1) is 0 Å². The van der Waals surface area contributed by atoms with Crippen LogP contribution in [0.5, 0.6) is 0 Å². The van der Waals surface area contributed by atoms with E-state index in [-0.39, 0.29) is 29.9 Å². The largest absolute Gasteiger partial charge is 0.356 e. The standard InChI is InChI=1S/C25H37N5O.HI/c1-20(30(5)19-22-10-7-6-8-11-22)14-16-27-25(26-2)28-17-15-21-12-9-13-23(18-21)24(31)29(3)4;/h6-13,18,20H,14-17,19H2,1-5H3,(H2,26,27,28);1H. The van der Waals surface area contributed by atoms with Gasteiger partial charge in [0.25, 0.3) is 5.91 Å². The molecule has 2 N–H and O–H groups in total. The lowest BCUT2D eigenvalue weighted by Crippen LogP contribution is -2.40. The summed E-state index contributed by atoms with van der Waals surface area (Å²) in [5.74, 6) is 0.831. The summed E-state index contributed by atoms with van der Waals surface area (Å²) in [6.07, 6.45) is 1.85. The molecule has 1 unspecified atom stereocenters. The van der Waals surface area contributed by atoms with Gasteiger partial charge in [0.1, 0.15) is 0 Å². The third kappa shape index (κ3) is 9.56. The Bertz CT molecular complexity index is 841. The molecule has 6 nitrogen and oxygen atoms in total. The fraction of sp³-hybridized carbons (Fsp3) is 0.440. The second kappa shape index (κ2) is 14.8. The molecule has 32 heavy (non-hydrogen) atoms. The Kier molecular flexibility index (Phi) is 12.9. The lowest BCUT2D eigenvalue weighted by Gasteiger charge is -2.25. The number of aliphatic imine (C=N–C) groups is 1. The molecule has 7 heteroatoms. The molecule has 1 amide bonds. The lowest BCUT2D eigenvalue weighted by molar-refractivity contribution is 0.0827. The van der Waals surface area contributed by atoms with Gasteiger partial charge in [0.2, 0.25) is 0 Å². The van der Waals surface area contributed by atoms with Crippen molar-refractivity contribution in [3.8, 4) is 0 Å². The van der Waals surface area contributed by atoms with E-state index < -0.39 is 0 Å². The molecule has 2 aromatic carbocycles. The number of carbonyl (C=O) groups excluding carboxylic acids is 1. The number of carbonyl (C=O) groups is 1. The summed E-state index contributed by atoms with van der Waals surface area (Å²) in [4.78, 5) is 20.4. The number of nitrogens with zero attached hydrogens (tertiary/aromatic N) is 3. The maximum Gasteiger partial charge on any atom is 0.253 e. The number of amides is 1. The molecule has 2 aromatic rings. The van der Waals surface area contributed by atoms with Crippen LogP contribution in [0.15, 0.2) is 59.6 Å². The van der Waals surface area contributed by atoms with Crippen molar-refractivity contribution in [1.82, 2.24) is 20.4 Å². The van der Waals surface area contributed by atoms with E-state index in [1.807, 2.05) is 18.2 Å². The summed E-state index contributed by atoms with van der Waals surface area (Å²) in [6, 6.07) is 18.8. The first-order chi connectivity index (χ1) is 14.9. The number of benzene rings is 2. The van der Waals surface area contributed by atoms with E-state index in [1.165, 1.54) is 5.56 Å². The Morgan fingerprint density at radius 3 is 2.28 bits per heavy atom. The summed E-state index contributed by atoms with van der Waals surface area (Å²) in [5.41, 5.74) is 3.18. The monoisotopic (exact) mass is 551 g/mol. The number of halogens is 1. The highest BCUT2D eigenvalue weighted by Gasteiger charge is 2.10. The first-order valence-electron chi connectivity index (χ1n) is 10.9. The minimum Gasteiger partial charge on any atom is -0.356 e. The van der Waals surface area contributed by atoms with E-state index in [9.17, 15) is 4.79 Å². The van der Waals surface area contributed by atoms with Gasteiger partial charge < -0.3 is 15.5 Å². The molecule has 0 radical (unpaired) electrons. The van der Waals surface area contributed by atoms with Crippen LogP contribution < -0.4 is 10.6 Å². The summed E-state index contributed by atoms with van der Waals surface area (Å²) >= 11 is 0. The van der Waals surface area contributed by atoms with E-state index in [0.29, 0.717) is 6.04 Å². The summed E-state index contributed by atoms with van der Waals surface area (Å²) < 4.78 is 0. The zero-order valence-corrected chi connectivity index (χ0v) is 22.3. The molecule has 176 valence electrons. The second-order valence-corrected chi connectivity index (χ2v) is 8.11. The third-order valence-electron chi connectivity index (χ3n) is 5.39. The highest BCUT2D eigenvalue weighted by molar-refractivity contribution is 14.0. The predicted molar refractivity (Wildman–Crippen MR) is 145 cm³/mol. The van der Waals surface area contributed by atoms with Crippen LogP contribution in [-0.2, 0) is 13.0 Å². The van der Waals surface area contributed by atoms with Gasteiger partial charge in [-0.2, -0.15) is 0 Å². The molecule has 0 aliphatic carbocycles. The lowest BCUT2D eigenvalue weighted by atomic mass is 10.1. The average molecular weight is 552 g/mol. The zero-order chi connectivity index (χ0) is 22.6. The topological polar surface area (TPSA) is 60.0 Å². The van der Waals surface area contributed by atoms with Crippen LogP contribution in [0, 0.1) is 0 Å². The SMILES string of the molecule is CN=C(NCCc1cccc(C(=O)N(C)C)c1)NCCC(C)N(C)Cc1ccccc1.I. The minimum atomic E-state index is 0. The molecule has 0 aliphatic heterocycles. The third-order valence-corrected chi connectivity index (χ3v) is 5.39. The van der Waals surface area contributed by atoms with E-state index in [1.54, 1.807) is 26.0 Å². The molecule has 0 saturated carbocycles. The molecular formula is C25H38IN5O. The highest BCUT2D eigenvalue weighted by atomic mass is 127. The maximum absolute atomic E-state index is 12.1. The van der Waals surface area contributed by atoms with E-state index in [4.69, 9.17) is 0 Å². The van der Waals surface area contributed by atoms with Gasteiger partial charge in [0, 0.05) is 52.4 Å². The molecule has 0 spiro atoms. The number of nitrogens with one attached hydrogen (secondary N) is 2. The fourth-order valence-corrected chi connectivity index (χ4v) is 3.31. The van der Waals surface area contributed by atoms with Crippen LogP contribution in [0.2, 0.25) is 0 Å². The van der Waals surface area contributed by atoms with Crippen molar-refractivity contribution in [1.29, 1.82) is 0 Å². The Morgan fingerprint density at radius 1 is 0.969 bits per heavy atom. The highest BCUT2D eigenvalue weighted by Crippen LogP contribution is 2.09. The van der Waals surface area contributed by atoms with Crippen molar-refractivity contribution in [2.45, 2.75) is 32.4 Å². The second-order valence-electron chi connectivity index (χ2n) is 8.11. The van der Waals surface area contributed by atoms with Gasteiger partial charge >= 0.3 is 0 Å². The molecule has 2 rings (SSSR count). The smallest absolute Gasteiger partial charge is 0.253 e. The van der Waals surface area contributed by atoms with Crippen molar-refractivity contribution in [3.63, 3.8) is 0 Å². The van der Waals surface area contributed by atoms with Gasteiger partial charge in [-0.05, 0) is 50.1 Å². The molecular weight excluding hydrogens is 513 g/mol. The Morgan fingerprint density at radius 2 is 1.62 bits per heavy atom. The van der Waals surface area contributed by atoms with Crippen molar-refractivity contribution in [3.05, 3.63) is 71.3 Å². The van der Waals surface area contributed by atoms with Crippen LogP contribution in [0.25, 0.3) is 0 Å². The van der Waals surface area contributed by atoms with Gasteiger partial charge in [-0.3, -0.25) is 14.7 Å². The van der Waals surface area contributed by atoms with Crippen molar-refractivity contribution in [2.24, 2.45) is 4.99 Å². The van der Waals surface area contributed by atoms with Gasteiger partial charge in [-0.15, -0.1) is 24.0 Å². The fourth-order valence-electron chi connectivity index (χ4n) is 3.31. The molecule has 0 aromatic heterocycles.